The standard InChI is InChI=1S/C25H48O4/c1-2-3-4-5-6-7-8-9-10-11-12-13-14-15-16-17-18-19-20-21-24(28)25(29,22-26)23-27/h9-10,26-27,29H,2-8,11-23H2,1H3. The van der Waals surface area contributed by atoms with E-state index >= 15 is 0 Å². The van der Waals surface area contributed by atoms with Crippen molar-refractivity contribution in [3.05, 3.63) is 12.2 Å². The minimum absolute atomic E-state index is 0.226. The molecule has 0 aliphatic carbocycles. The van der Waals surface area contributed by atoms with Gasteiger partial charge < -0.3 is 15.3 Å². The van der Waals surface area contributed by atoms with Crippen molar-refractivity contribution in [1.29, 1.82) is 0 Å². The lowest BCUT2D eigenvalue weighted by atomic mass is 9.95. The van der Waals surface area contributed by atoms with E-state index in [1.807, 2.05) is 0 Å². The fraction of sp³-hybridized carbons (Fsp3) is 0.880. The molecule has 0 fully saturated rings. The topological polar surface area (TPSA) is 77.8 Å². The number of Topliss-reactive ketones (excluding diaryl/α,β-unsaturated/α-hetero) is 1. The van der Waals surface area contributed by atoms with Crippen molar-refractivity contribution in [1.82, 2.24) is 0 Å². The highest BCUT2D eigenvalue weighted by Gasteiger charge is 2.33. The van der Waals surface area contributed by atoms with E-state index in [0.717, 1.165) is 12.8 Å². The van der Waals surface area contributed by atoms with Crippen molar-refractivity contribution in [2.24, 2.45) is 0 Å². The first kappa shape index (κ1) is 28.3. The molecular formula is C25H48O4. The Morgan fingerprint density at radius 2 is 1.03 bits per heavy atom. The Kier molecular flexibility index (Phi) is 20.1. The molecule has 0 heterocycles. The molecule has 0 aromatic heterocycles. The summed E-state index contributed by atoms with van der Waals surface area (Å²) in [6.07, 6.45) is 26.1. The zero-order valence-electron chi connectivity index (χ0n) is 19.0. The molecule has 0 aliphatic rings. The largest absolute Gasteiger partial charge is 0.393 e. The summed E-state index contributed by atoms with van der Waals surface area (Å²) in [5, 5.41) is 27.7. The van der Waals surface area contributed by atoms with Crippen LogP contribution in [0.4, 0.5) is 0 Å². The Labute approximate surface area is 179 Å². The highest BCUT2D eigenvalue weighted by atomic mass is 16.4. The van der Waals surface area contributed by atoms with Crippen LogP contribution in [-0.4, -0.2) is 39.9 Å². The first-order valence-corrected chi connectivity index (χ1v) is 12.2. The summed E-state index contributed by atoms with van der Waals surface area (Å²) in [5.74, 6) is -0.455. The van der Waals surface area contributed by atoms with Gasteiger partial charge in [-0.25, -0.2) is 0 Å². The van der Waals surface area contributed by atoms with Gasteiger partial charge in [-0.15, -0.1) is 0 Å². The second-order valence-electron chi connectivity index (χ2n) is 8.52. The van der Waals surface area contributed by atoms with Crippen LogP contribution < -0.4 is 0 Å². The average Bonchev–Trinajstić information content (AvgIpc) is 2.74. The van der Waals surface area contributed by atoms with Gasteiger partial charge in [0.2, 0.25) is 0 Å². The Hall–Kier alpha value is -0.710. The van der Waals surface area contributed by atoms with Gasteiger partial charge in [-0.2, -0.15) is 0 Å². The molecule has 0 atom stereocenters. The summed E-state index contributed by atoms with van der Waals surface area (Å²) in [6.45, 7) is 0.841. The van der Waals surface area contributed by atoms with Gasteiger partial charge >= 0.3 is 0 Å². The molecular weight excluding hydrogens is 364 g/mol. The van der Waals surface area contributed by atoms with Crippen LogP contribution in [0.25, 0.3) is 0 Å². The normalized spacial score (nSPS) is 12.1. The van der Waals surface area contributed by atoms with Crippen LogP contribution in [0.5, 0.6) is 0 Å². The molecule has 0 saturated heterocycles. The van der Waals surface area contributed by atoms with Gasteiger partial charge in [0.25, 0.3) is 0 Å². The number of carbonyl (C=O) groups is 1. The van der Waals surface area contributed by atoms with Crippen LogP contribution in [0.2, 0.25) is 0 Å². The zero-order valence-corrected chi connectivity index (χ0v) is 19.0. The fourth-order valence-corrected chi connectivity index (χ4v) is 3.52. The summed E-state index contributed by atoms with van der Waals surface area (Å²) < 4.78 is 0. The Morgan fingerprint density at radius 1 is 0.655 bits per heavy atom. The quantitative estimate of drug-likeness (QED) is 0.153. The van der Waals surface area contributed by atoms with Gasteiger partial charge in [0.15, 0.2) is 11.4 Å². The van der Waals surface area contributed by atoms with Crippen molar-refractivity contribution >= 4 is 5.78 Å². The highest BCUT2D eigenvalue weighted by molar-refractivity contribution is 5.87. The molecule has 0 amide bonds. The van der Waals surface area contributed by atoms with Gasteiger partial charge in [-0.05, 0) is 32.1 Å². The predicted molar refractivity (Wildman–Crippen MR) is 122 cm³/mol. The Bertz CT molecular complexity index is 388. The van der Waals surface area contributed by atoms with Crippen molar-refractivity contribution in [2.75, 3.05) is 13.2 Å². The van der Waals surface area contributed by atoms with E-state index in [4.69, 9.17) is 10.2 Å². The smallest absolute Gasteiger partial charge is 0.169 e. The van der Waals surface area contributed by atoms with E-state index in [1.54, 1.807) is 0 Å². The maximum absolute atomic E-state index is 11.7. The molecule has 0 radical (unpaired) electrons. The summed E-state index contributed by atoms with van der Waals surface area (Å²) in [6, 6.07) is 0. The molecule has 0 aromatic rings. The van der Waals surface area contributed by atoms with Gasteiger partial charge in [0.05, 0.1) is 13.2 Å². The molecule has 3 N–H and O–H groups in total. The van der Waals surface area contributed by atoms with Crippen LogP contribution in [0.1, 0.15) is 122 Å². The van der Waals surface area contributed by atoms with E-state index in [-0.39, 0.29) is 6.42 Å². The first-order chi connectivity index (χ1) is 14.1. The molecule has 172 valence electrons. The Morgan fingerprint density at radius 3 is 1.45 bits per heavy atom. The third kappa shape index (κ3) is 16.7. The summed E-state index contributed by atoms with van der Waals surface area (Å²) >= 11 is 0. The molecule has 4 nitrogen and oxygen atoms in total. The van der Waals surface area contributed by atoms with Crippen molar-refractivity contribution in [3.8, 4) is 0 Å². The van der Waals surface area contributed by atoms with Crippen molar-refractivity contribution in [3.63, 3.8) is 0 Å². The van der Waals surface area contributed by atoms with Crippen LogP contribution in [0.15, 0.2) is 12.2 Å². The number of ketones is 1. The maximum Gasteiger partial charge on any atom is 0.169 e. The summed E-state index contributed by atoms with van der Waals surface area (Å²) in [7, 11) is 0. The van der Waals surface area contributed by atoms with Gasteiger partial charge in [-0.3, -0.25) is 4.79 Å². The van der Waals surface area contributed by atoms with E-state index in [2.05, 4.69) is 19.1 Å². The van der Waals surface area contributed by atoms with Crippen molar-refractivity contribution < 1.29 is 20.1 Å². The molecule has 0 aromatic carbocycles. The minimum atomic E-state index is -1.95. The lowest BCUT2D eigenvalue weighted by Crippen LogP contribution is -2.45. The van der Waals surface area contributed by atoms with Crippen LogP contribution in [-0.2, 0) is 4.79 Å². The highest BCUT2D eigenvalue weighted by Crippen LogP contribution is 2.14. The third-order valence-corrected chi connectivity index (χ3v) is 5.71. The number of carbonyl (C=O) groups excluding carboxylic acids is 1. The Balaban J connectivity index is 3.30. The number of aliphatic hydroxyl groups is 3. The molecule has 0 unspecified atom stereocenters. The minimum Gasteiger partial charge on any atom is -0.393 e. The maximum atomic E-state index is 11.7. The monoisotopic (exact) mass is 412 g/mol. The van der Waals surface area contributed by atoms with Crippen LogP contribution >= 0.6 is 0 Å². The fourth-order valence-electron chi connectivity index (χ4n) is 3.52. The van der Waals surface area contributed by atoms with Gasteiger partial charge in [-0.1, -0.05) is 96.1 Å². The number of hydrogen-bond donors (Lipinski definition) is 3. The number of rotatable bonds is 22. The lowest BCUT2D eigenvalue weighted by Gasteiger charge is -2.21. The lowest BCUT2D eigenvalue weighted by molar-refractivity contribution is -0.146. The number of hydrogen-bond acceptors (Lipinski definition) is 4. The first-order valence-electron chi connectivity index (χ1n) is 12.2. The van der Waals surface area contributed by atoms with Crippen LogP contribution in [0.3, 0.4) is 0 Å². The third-order valence-electron chi connectivity index (χ3n) is 5.71. The number of unbranched alkanes of at least 4 members (excludes halogenated alkanes) is 15. The number of aliphatic hydroxyl groups excluding tert-OH is 2. The van der Waals surface area contributed by atoms with E-state index in [9.17, 15) is 9.90 Å². The molecule has 0 bridgehead atoms. The molecule has 4 heteroatoms. The second kappa shape index (κ2) is 20.6. The van der Waals surface area contributed by atoms with Crippen molar-refractivity contribution in [2.45, 2.75) is 128 Å². The van der Waals surface area contributed by atoms with E-state index in [0.29, 0.717) is 6.42 Å². The molecule has 0 rings (SSSR count). The molecule has 29 heavy (non-hydrogen) atoms. The molecule has 0 aliphatic heterocycles. The summed E-state index contributed by atoms with van der Waals surface area (Å²) in [4.78, 5) is 11.7. The van der Waals surface area contributed by atoms with Gasteiger partial charge in [0, 0.05) is 6.42 Å². The van der Waals surface area contributed by atoms with E-state index in [1.165, 1.54) is 89.9 Å². The zero-order chi connectivity index (χ0) is 21.6. The SMILES string of the molecule is CCCCCCCCC=CCCCCCCCCCCCC(=O)C(O)(CO)CO. The predicted octanol–water partition coefficient (Wildman–Crippen LogP) is 5.87. The second-order valence-corrected chi connectivity index (χ2v) is 8.52. The van der Waals surface area contributed by atoms with Crippen LogP contribution in [0, 0.1) is 0 Å². The molecule has 0 spiro atoms. The van der Waals surface area contributed by atoms with E-state index < -0.39 is 24.6 Å². The summed E-state index contributed by atoms with van der Waals surface area (Å²) in [5.41, 5.74) is -1.95. The van der Waals surface area contributed by atoms with Gasteiger partial charge in [0.1, 0.15) is 0 Å². The number of allylic oxidation sites excluding steroid dienone is 2. The average molecular weight is 413 g/mol. The molecule has 0 saturated carbocycles.